The molecule has 2 saturated carbocycles. The van der Waals surface area contributed by atoms with E-state index in [2.05, 4.69) is 26.2 Å². The van der Waals surface area contributed by atoms with Gasteiger partial charge in [-0.25, -0.2) is 0 Å². The summed E-state index contributed by atoms with van der Waals surface area (Å²) in [5.74, 6) is 5.11. The fourth-order valence-electron chi connectivity index (χ4n) is 5.38. The van der Waals surface area contributed by atoms with E-state index < -0.39 is 0 Å². The zero-order valence-electron chi connectivity index (χ0n) is 14.2. The van der Waals surface area contributed by atoms with Crippen molar-refractivity contribution in [2.24, 2.45) is 29.6 Å². The standard InChI is InChI=1S/C19H37N/c1-4-8-15-11-12-17(14-20-3)19(13-15)18-10-7-6-9-16(18)5-2/h15-20H,4-14H2,1-3H3. The van der Waals surface area contributed by atoms with E-state index in [0.29, 0.717) is 0 Å². The lowest BCUT2D eigenvalue weighted by molar-refractivity contribution is 0.0551. The van der Waals surface area contributed by atoms with Gasteiger partial charge in [0.15, 0.2) is 0 Å². The maximum atomic E-state index is 3.49. The molecule has 0 aromatic rings. The molecule has 20 heavy (non-hydrogen) atoms. The van der Waals surface area contributed by atoms with Gasteiger partial charge in [0.05, 0.1) is 0 Å². The molecule has 5 atom stereocenters. The first-order valence-corrected chi connectivity index (χ1v) is 9.44. The quantitative estimate of drug-likeness (QED) is 0.700. The SMILES string of the molecule is CCCC1CCC(CNC)C(C2CCCCC2CC)C1. The fourth-order valence-corrected chi connectivity index (χ4v) is 5.38. The Bertz CT molecular complexity index is 262. The minimum atomic E-state index is 0.963. The van der Waals surface area contributed by atoms with Crippen LogP contribution in [-0.4, -0.2) is 13.6 Å². The molecule has 0 aliphatic heterocycles. The van der Waals surface area contributed by atoms with E-state index in [-0.39, 0.29) is 0 Å². The van der Waals surface area contributed by atoms with E-state index in [1.807, 2.05) is 0 Å². The molecule has 1 heteroatoms. The highest BCUT2D eigenvalue weighted by Gasteiger charge is 2.38. The molecule has 0 aromatic carbocycles. The summed E-state index contributed by atoms with van der Waals surface area (Å²) in [6, 6.07) is 0. The van der Waals surface area contributed by atoms with Crippen molar-refractivity contribution >= 4 is 0 Å². The maximum Gasteiger partial charge on any atom is -0.00208 e. The normalized spacial score (nSPS) is 38.9. The Morgan fingerprint density at radius 1 is 0.900 bits per heavy atom. The summed E-state index contributed by atoms with van der Waals surface area (Å²) in [5.41, 5.74) is 0. The third-order valence-corrected chi connectivity index (χ3v) is 6.36. The summed E-state index contributed by atoms with van der Waals surface area (Å²) in [7, 11) is 2.15. The molecule has 5 unspecified atom stereocenters. The smallest absolute Gasteiger partial charge is 0.00208 e. The van der Waals surface area contributed by atoms with Crippen molar-refractivity contribution in [1.82, 2.24) is 5.32 Å². The summed E-state index contributed by atoms with van der Waals surface area (Å²) < 4.78 is 0. The van der Waals surface area contributed by atoms with E-state index in [1.54, 1.807) is 6.42 Å². The predicted molar refractivity (Wildman–Crippen MR) is 88.9 cm³/mol. The molecule has 2 aliphatic rings. The van der Waals surface area contributed by atoms with Gasteiger partial charge >= 0.3 is 0 Å². The molecular weight excluding hydrogens is 242 g/mol. The van der Waals surface area contributed by atoms with E-state index >= 15 is 0 Å². The molecule has 2 rings (SSSR count). The molecule has 2 fully saturated rings. The number of hydrogen-bond donors (Lipinski definition) is 1. The third-order valence-electron chi connectivity index (χ3n) is 6.36. The lowest BCUT2D eigenvalue weighted by Gasteiger charge is -2.45. The van der Waals surface area contributed by atoms with Gasteiger partial charge in [-0.2, -0.15) is 0 Å². The zero-order chi connectivity index (χ0) is 14.4. The van der Waals surface area contributed by atoms with Gasteiger partial charge in [-0.15, -0.1) is 0 Å². The lowest BCUT2D eigenvalue weighted by Crippen LogP contribution is -2.39. The summed E-state index contributed by atoms with van der Waals surface area (Å²) in [4.78, 5) is 0. The molecule has 1 nitrogen and oxygen atoms in total. The first kappa shape index (κ1) is 16.3. The van der Waals surface area contributed by atoms with Gasteiger partial charge < -0.3 is 5.32 Å². The highest BCUT2D eigenvalue weighted by atomic mass is 14.8. The van der Waals surface area contributed by atoms with Crippen LogP contribution in [0.3, 0.4) is 0 Å². The van der Waals surface area contributed by atoms with Crippen molar-refractivity contribution in [2.75, 3.05) is 13.6 Å². The minimum Gasteiger partial charge on any atom is -0.319 e. The Morgan fingerprint density at radius 2 is 1.70 bits per heavy atom. The molecule has 1 N–H and O–H groups in total. The minimum absolute atomic E-state index is 0.963. The van der Waals surface area contributed by atoms with Crippen LogP contribution in [0, 0.1) is 29.6 Å². The number of nitrogens with one attached hydrogen (secondary N) is 1. The van der Waals surface area contributed by atoms with Crippen LogP contribution in [0.5, 0.6) is 0 Å². The first-order chi connectivity index (χ1) is 9.80. The van der Waals surface area contributed by atoms with Crippen LogP contribution in [0.25, 0.3) is 0 Å². The topological polar surface area (TPSA) is 12.0 Å². The lowest BCUT2D eigenvalue weighted by atomic mass is 9.61. The molecule has 0 aromatic heterocycles. The Morgan fingerprint density at radius 3 is 2.40 bits per heavy atom. The Labute approximate surface area is 127 Å². The molecule has 0 spiro atoms. The van der Waals surface area contributed by atoms with Crippen molar-refractivity contribution in [3.8, 4) is 0 Å². The molecule has 0 radical (unpaired) electrons. The van der Waals surface area contributed by atoms with Crippen LogP contribution in [0.1, 0.15) is 78.1 Å². The first-order valence-electron chi connectivity index (χ1n) is 9.44. The number of hydrogen-bond acceptors (Lipinski definition) is 1. The summed E-state index contributed by atoms with van der Waals surface area (Å²) in [6.45, 7) is 6.06. The van der Waals surface area contributed by atoms with Gasteiger partial charge in [-0.1, -0.05) is 58.8 Å². The average molecular weight is 280 g/mol. The monoisotopic (exact) mass is 279 g/mol. The highest BCUT2D eigenvalue weighted by molar-refractivity contribution is 4.89. The zero-order valence-corrected chi connectivity index (χ0v) is 14.2. The third kappa shape index (κ3) is 4.00. The van der Waals surface area contributed by atoms with Crippen LogP contribution >= 0.6 is 0 Å². The fraction of sp³-hybridized carbons (Fsp3) is 1.00. The maximum absolute atomic E-state index is 3.49. The van der Waals surface area contributed by atoms with Crippen LogP contribution in [-0.2, 0) is 0 Å². The van der Waals surface area contributed by atoms with Crippen molar-refractivity contribution in [1.29, 1.82) is 0 Å². The molecule has 2 aliphatic carbocycles. The van der Waals surface area contributed by atoms with Crippen molar-refractivity contribution in [3.63, 3.8) is 0 Å². The molecular formula is C19H37N. The number of rotatable bonds is 6. The van der Waals surface area contributed by atoms with Crippen molar-refractivity contribution in [3.05, 3.63) is 0 Å². The van der Waals surface area contributed by atoms with Crippen LogP contribution < -0.4 is 5.32 Å². The van der Waals surface area contributed by atoms with Gasteiger partial charge in [-0.05, 0) is 62.4 Å². The Balaban J connectivity index is 2.04. The van der Waals surface area contributed by atoms with E-state index in [1.165, 1.54) is 64.3 Å². The molecule has 0 heterocycles. The molecule has 0 saturated heterocycles. The Hall–Kier alpha value is -0.0400. The second kappa shape index (κ2) is 8.41. The van der Waals surface area contributed by atoms with Crippen molar-refractivity contribution < 1.29 is 0 Å². The van der Waals surface area contributed by atoms with Gasteiger partial charge in [0.2, 0.25) is 0 Å². The van der Waals surface area contributed by atoms with Crippen LogP contribution in [0.15, 0.2) is 0 Å². The summed E-state index contributed by atoms with van der Waals surface area (Å²) in [6.07, 6.45) is 14.9. The summed E-state index contributed by atoms with van der Waals surface area (Å²) >= 11 is 0. The summed E-state index contributed by atoms with van der Waals surface area (Å²) in [5, 5.41) is 3.49. The van der Waals surface area contributed by atoms with Gasteiger partial charge in [-0.3, -0.25) is 0 Å². The highest BCUT2D eigenvalue weighted by Crippen LogP contribution is 2.47. The molecule has 118 valence electrons. The molecule has 0 bridgehead atoms. The average Bonchev–Trinajstić information content (AvgIpc) is 2.49. The van der Waals surface area contributed by atoms with E-state index in [0.717, 1.165) is 29.6 Å². The van der Waals surface area contributed by atoms with Crippen molar-refractivity contribution in [2.45, 2.75) is 78.1 Å². The van der Waals surface area contributed by atoms with Gasteiger partial charge in [0.1, 0.15) is 0 Å². The van der Waals surface area contributed by atoms with Gasteiger partial charge in [0, 0.05) is 0 Å². The van der Waals surface area contributed by atoms with Crippen LogP contribution in [0.2, 0.25) is 0 Å². The largest absolute Gasteiger partial charge is 0.319 e. The predicted octanol–water partition coefficient (Wildman–Crippen LogP) is 5.25. The van der Waals surface area contributed by atoms with Gasteiger partial charge in [0.25, 0.3) is 0 Å². The molecule has 0 amide bonds. The van der Waals surface area contributed by atoms with E-state index in [4.69, 9.17) is 0 Å². The Kier molecular flexibility index (Phi) is 6.87. The second-order valence-corrected chi connectivity index (χ2v) is 7.57. The van der Waals surface area contributed by atoms with E-state index in [9.17, 15) is 0 Å². The second-order valence-electron chi connectivity index (χ2n) is 7.57. The van der Waals surface area contributed by atoms with Crippen LogP contribution in [0.4, 0.5) is 0 Å².